The van der Waals surface area contributed by atoms with Crippen molar-refractivity contribution in [2.24, 2.45) is 0 Å². The first-order chi connectivity index (χ1) is 9.47. The lowest BCUT2D eigenvalue weighted by atomic mass is 10.1. The number of amides is 1. The summed E-state index contributed by atoms with van der Waals surface area (Å²) in [5.41, 5.74) is 0.877. The third-order valence-corrected chi connectivity index (χ3v) is 3.61. The number of carboxylic acids is 1. The molecule has 1 aromatic carbocycles. The number of rotatable bonds is 5. The fourth-order valence-electron chi connectivity index (χ4n) is 1.70. The van der Waals surface area contributed by atoms with Crippen LogP contribution in [0.3, 0.4) is 0 Å². The fourth-order valence-corrected chi connectivity index (χ4v) is 2.33. The number of anilines is 1. The summed E-state index contributed by atoms with van der Waals surface area (Å²) in [4.78, 5) is 33.8. The van der Waals surface area contributed by atoms with Gasteiger partial charge in [0.25, 0.3) is 5.91 Å². The zero-order chi connectivity index (χ0) is 14.7. The number of hydrogen-bond donors (Lipinski definition) is 2. The lowest BCUT2D eigenvalue weighted by Crippen LogP contribution is -2.34. The molecule has 2 rings (SSSR count). The van der Waals surface area contributed by atoms with Crippen LogP contribution >= 0.6 is 11.8 Å². The molecule has 0 saturated heterocycles. The Labute approximate surface area is 119 Å². The van der Waals surface area contributed by atoms with Gasteiger partial charge in [-0.05, 0) is 25.1 Å². The van der Waals surface area contributed by atoms with Crippen LogP contribution in [0.25, 0.3) is 0 Å². The van der Waals surface area contributed by atoms with E-state index in [0.717, 1.165) is 11.8 Å². The van der Waals surface area contributed by atoms with Gasteiger partial charge in [-0.3, -0.25) is 14.4 Å². The zero-order valence-corrected chi connectivity index (χ0v) is 11.5. The standard InChI is InChI=1S/C13H13NO5S/c1-7-13(18)14-9-4-8(2-3-11(9)19-7)10(15)5-20-6-12(16)17/h2-4,7H,5-6H2,1H3,(H,14,18)(H,16,17). The molecule has 106 valence electrons. The summed E-state index contributed by atoms with van der Waals surface area (Å²) >= 11 is 1.03. The maximum atomic E-state index is 11.9. The van der Waals surface area contributed by atoms with Crippen LogP contribution in [0, 0.1) is 0 Å². The summed E-state index contributed by atoms with van der Waals surface area (Å²) in [7, 11) is 0. The summed E-state index contributed by atoms with van der Waals surface area (Å²) in [6, 6.07) is 4.77. The molecule has 0 spiro atoms. The van der Waals surface area contributed by atoms with E-state index < -0.39 is 12.1 Å². The van der Waals surface area contributed by atoms with Crippen LogP contribution in [0.5, 0.6) is 5.75 Å². The first-order valence-electron chi connectivity index (χ1n) is 5.91. The Balaban J connectivity index is 2.07. The number of aliphatic carboxylic acids is 1. The van der Waals surface area contributed by atoms with Gasteiger partial charge >= 0.3 is 5.97 Å². The molecule has 2 N–H and O–H groups in total. The molecule has 7 heteroatoms. The Kier molecular flexibility index (Phi) is 4.29. The maximum absolute atomic E-state index is 11.9. The first kappa shape index (κ1) is 14.4. The van der Waals surface area contributed by atoms with Gasteiger partial charge in [0.05, 0.1) is 17.2 Å². The molecule has 1 heterocycles. The minimum atomic E-state index is -0.956. The highest BCUT2D eigenvalue weighted by Crippen LogP contribution is 2.30. The van der Waals surface area contributed by atoms with Gasteiger partial charge < -0.3 is 15.2 Å². The van der Waals surface area contributed by atoms with Crippen molar-refractivity contribution in [3.8, 4) is 5.75 Å². The van der Waals surface area contributed by atoms with Crippen LogP contribution in [0.15, 0.2) is 18.2 Å². The van der Waals surface area contributed by atoms with Crippen molar-refractivity contribution in [3.63, 3.8) is 0 Å². The van der Waals surface area contributed by atoms with Gasteiger partial charge in [-0.1, -0.05) is 0 Å². The molecule has 0 bridgehead atoms. The normalized spacial score (nSPS) is 16.9. The second-order valence-corrected chi connectivity index (χ2v) is 5.26. The minimum absolute atomic E-state index is 0.0797. The Morgan fingerprint density at radius 1 is 1.40 bits per heavy atom. The van der Waals surface area contributed by atoms with Crippen LogP contribution < -0.4 is 10.1 Å². The Hall–Kier alpha value is -2.02. The maximum Gasteiger partial charge on any atom is 0.313 e. The number of nitrogens with one attached hydrogen (secondary N) is 1. The second kappa shape index (κ2) is 5.96. The molecule has 20 heavy (non-hydrogen) atoms. The van der Waals surface area contributed by atoms with Gasteiger partial charge in [-0.15, -0.1) is 11.8 Å². The van der Waals surface area contributed by atoms with E-state index in [9.17, 15) is 14.4 Å². The number of carbonyl (C=O) groups is 3. The van der Waals surface area contributed by atoms with Crippen LogP contribution in [0.1, 0.15) is 17.3 Å². The van der Waals surface area contributed by atoms with Crippen LogP contribution in [0.4, 0.5) is 5.69 Å². The average molecular weight is 295 g/mol. The third-order valence-electron chi connectivity index (χ3n) is 2.69. The molecule has 0 fully saturated rings. The van der Waals surface area contributed by atoms with Gasteiger partial charge in [-0.25, -0.2) is 0 Å². The number of fused-ring (bicyclic) bond motifs is 1. The highest BCUT2D eigenvalue weighted by atomic mass is 32.2. The summed E-state index contributed by atoms with van der Waals surface area (Å²) < 4.78 is 5.39. The number of hydrogen-bond acceptors (Lipinski definition) is 5. The Bertz CT molecular complexity index is 572. The van der Waals surface area contributed by atoms with E-state index in [1.54, 1.807) is 25.1 Å². The van der Waals surface area contributed by atoms with Crippen LogP contribution in [-0.2, 0) is 9.59 Å². The lowest BCUT2D eigenvalue weighted by molar-refractivity contribution is -0.133. The van der Waals surface area contributed by atoms with Gasteiger partial charge in [-0.2, -0.15) is 0 Å². The van der Waals surface area contributed by atoms with Crippen molar-refractivity contribution < 1.29 is 24.2 Å². The zero-order valence-electron chi connectivity index (χ0n) is 10.7. The number of thioether (sulfide) groups is 1. The van der Waals surface area contributed by atoms with E-state index in [2.05, 4.69) is 5.32 Å². The van der Waals surface area contributed by atoms with Crippen LogP contribution in [0.2, 0.25) is 0 Å². The highest BCUT2D eigenvalue weighted by molar-refractivity contribution is 8.00. The van der Waals surface area contributed by atoms with E-state index in [1.807, 2.05) is 0 Å². The topological polar surface area (TPSA) is 92.7 Å². The highest BCUT2D eigenvalue weighted by Gasteiger charge is 2.24. The van der Waals surface area contributed by atoms with Crippen molar-refractivity contribution in [1.82, 2.24) is 0 Å². The van der Waals surface area contributed by atoms with E-state index in [0.29, 0.717) is 17.0 Å². The molecule has 0 aliphatic carbocycles. The molecule has 0 saturated carbocycles. The predicted octanol–water partition coefficient (Wildman–Crippen LogP) is 1.41. The van der Waals surface area contributed by atoms with E-state index >= 15 is 0 Å². The summed E-state index contributed by atoms with van der Waals surface area (Å²) in [5, 5.41) is 11.2. The summed E-state index contributed by atoms with van der Waals surface area (Å²) in [6.45, 7) is 1.64. The lowest BCUT2D eigenvalue weighted by Gasteiger charge is -2.23. The van der Waals surface area contributed by atoms with Crippen molar-refractivity contribution in [2.75, 3.05) is 16.8 Å². The molecule has 1 unspecified atom stereocenters. The Morgan fingerprint density at radius 2 is 2.15 bits per heavy atom. The number of benzene rings is 1. The monoisotopic (exact) mass is 295 g/mol. The van der Waals surface area contributed by atoms with Gasteiger partial charge in [0.15, 0.2) is 11.9 Å². The molecular weight excluding hydrogens is 282 g/mol. The third kappa shape index (κ3) is 3.30. The molecule has 1 atom stereocenters. The molecule has 1 aromatic rings. The smallest absolute Gasteiger partial charge is 0.313 e. The van der Waals surface area contributed by atoms with Crippen molar-refractivity contribution in [3.05, 3.63) is 23.8 Å². The molecule has 0 radical (unpaired) electrons. The first-order valence-corrected chi connectivity index (χ1v) is 7.07. The molecule has 1 aliphatic heterocycles. The van der Waals surface area contributed by atoms with E-state index in [-0.39, 0.29) is 23.2 Å². The molecule has 0 aromatic heterocycles. The van der Waals surface area contributed by atoms with Crippen molar-refractivity contribution >= 4 is 35.1 Å². The van der Waals surface area contributed by atoms with E-state index in [4.69, 9.17) is 9.84 Å². The fraction of sp³-hybridized carbons (Fsp3) is 0.308. The van der Waals surface area contributed by atoms with E-state index in [1.165, 1.54) is 0 Å². The minimum Gasteiger partial charge on any atom is -0.481 e. The predicted molar refractivity (Wildman–Crippen MR) is 74.5 cm³/mol. The van der Waals surface area contributed by atoms with Crippen molar-refractivity contribution in [2.45, 2.75) is 13.0 Å². The second-order valence-electron chi connectivity index (χ2n) is 4.27. The molecule has 1 aliphatic rings. The van der Waals surface area contributed by atoms with Gasteiger partial charge in [0, 0.05) is 5.56 Å². The summed E-state index contributed by atoms with van der Waals surface area (Å²) in [6.07, 6.45) is -0.560. The molecule has 6 nitrogen and oxygen atoms in total. The van der Waals surface area contributed by atoms with Gasteiger partial charge in [0.1, 0.15) is 5.75 Å². The number of carbonyl (C=O) groups excluding carboxylic acids is 2. The van der Waals surface area contributed by atoms with Crippen LogP contribution in [-0.4, -0.2) is 40.4 Å². The number of carboxylic acid groups (broad SMARTS) is 1. The number of Topliss-reactive ketones (excluding diaryl/α,β-unsaturated/α-hetero) is 1. The van der Waals surface area contributed by atoms with Gasteiger partial charge in [0.2, 0.25) is 0 Å². The largest absolute Gasteiger partial charge is 0.481 e. The molecule has 1 amide bonds. The Morgan fingerprint density at radius 3 is 2.85 bits per heavy atom. The summed E-state index contributed by atoms with van der Waals surface area (Å²) in [5.74, 6) is -0.923. The molecular formula is C13H13NO5S. The number of ketones is 1. The average Bonchev–Trinajstić information content (AvgIpc) is 2.39. The van der Waals surface area contributed by atoms with Crippen molar-refractivity contribution in [1.29, 1.82) is 0 Å². The number of ether oxygens (including phenoxy) is 1. The SMILES string of the molecule is CC1Oc2ccc(C(=O)CSCC(=O)O)cc2NC1=O. The quantitative estimate of drug-likeness (QED) is 0.798.